The molecule has 1 atom stereocenters. The fourth-order valence-corrected chi connectivity index (χ4v) is 3.93. The summed E-state index contributed by atoms with van der Waals surface area (Å²) in [6.07, 6.45) is 6.88. The third-order valence-electron chi connectivity index (χ3n) is 5.54. The number of likely N-dealkylation sites (tertiary alicyclic amines) is 1. The van der Waals surface area contributed by atoms with Crippen LogP contribution in [0.15, 0.2) is 52.1 Å². The highest BCUT2D eigenvalue weighted by Gasteiger charge is 2.24. The maximum Gasteiger partial charge on any atom is 0.224 e. The molecule has 0 bridgehead atoms. The molecule has 2 heterocycles. The van der Waals surface area contributed by atoms with Gasteiger partial charge >= 0.3 is 0 Å². The molecule has 3 N–H and O–H groups in total. The zero-order valence-corrected chi connectivity index (χ0v) is 21.4. The molecule has 1 unspecified atom stereocenters. The van der Waals surface area contributed by atoms with E-state index in [4.69, 9.17) is 4.42 Å². The van der Waals surface area contributed by atoms with E-state index >= 15 is 0 Å². The van der Waals surface area contributed by atoms with Crippen molar-refractivity contribution in [3.63, 3.8) is 0 Å². The molecule has 1 aromatic heterocycles. The van der Waals surface area contributed by atoms with Crippen LogP contribution < -0.4 is 16.0 Å². The fraction of sp³-hybridized carbons (Fsp3) is 0.500. The van der Waals surface area contributed by atoms with Gasteiger partial charge in [0.05, 0.1) is 12.3 Å². The number of halogens is 1. The van der Waals surface area contributed by atoms with Gasteiger partial charge < -0.3 is 20.4 Å². The van der Waals surface area contributed by atoms with Crippen molar-refractivity contribution in [2.75, 3.05) is 32.0 Å². The number of nitrogens with zero attached hydrogens (tertiary/aromatic N) is 2. The molecule has 0 saturated carbocycles. The molecule has 1 aliphatic rings. The highest BCUT2D eigenvalue weighted by atomic mass is 127. The van der Waals surface area contributed by atoms with Crippen molar-refractivity contribution in [2.45, 2.75) is 51.6 Å². The molecule has 32 heavy (non-hydrogen) atoms. The summed E-state index contributed by atoms with van der Waals surface area (Å²) < 4.78 is 5.73. The van der Waals surface area contributed by atoms with Crippen LogP contribution in [0.25, 0.3) is 0 Å². The topological polar surface area (TPSA) is 81.9 Å². The maximum absolute atomic E-state index is 11.8. The molecule has 1 aliphatic heterocycles. The van der Waals surface area contributed by atoms with Crippen LogP contribution >= 0.6 is 24.0 Å². The summed E-state index contributed by atoms with van der Waals surface area (Å²) in [5, 5.41) is 9.78. The van der Waals surface area contributed by atoms with Crippen LogP contribution in [0.5, 0.6) is 0 Å². The Labute approximate surface area is 208 Å². The predicted octanol–water partition coefficient (Wildman–Crippen LogP) is 4.53. The molecular weight excluding hydrogens is 517 g/mol. The van der Waals surface area contributed by atoms with Crippen LogP contribution in [0, 0.1) is 0 Å². The number of hydrogen-bond acceptors (Lipinski definition) is 4. The lowest BCUT2D eigenvalue weighted by molar-refractivity contribution is -0.116. The average molecular weight is 553 g/mol. The molecule has 7 nitrogen and oxygen atoms in total. The second-order valence-corrected chi connectivity index (χ2v) is 7.93. The van der Waals surface area contributed by atoms with Crippen molar-refractivity contribution in [2.24, 2.45) is 4.99 Å². The first kappa shape index (κ1) is 26.2. The van der Waals surface area contributed by atoms with E-state index in [-0.39, 0.29) is 35.9 Å². The molecule has 8 heteroatoms. The van der Waals surface area contributed by atoms with E-state index in [1.807, 2.05) is 37.3 Å². The number of anilines is 1. The Balaban J connectivity index is 0.00000363. The summed E-state index contributed by atoms with van der Waals surface area (Å²) in [5.74, 6) is 1.78. The predicted molar refractivity (Wildman–Crippen MR) is 140 cm³/mol. The van der Waals surface area contributed by atoms with Gasteiger partial charge in [-0.25, -0.2) is 0 Å². The highest BCUT2D eigenvalue weighted by Crippen LogP contribution is 2.24. The molecule has 1 amide bonds. The Morgan fingerprint density at radius 2 is 1.97 bits per heavy atom. The van der Waals surface area contributed by atoms with E-state index < -0.39 is 0 Å². The van der Waals surface area contributed by atoms with E-state index in [1.54, 1.807) is 13.3 Å². The van der Waals surface area contributed by atoms with Crippen LogP contribution in [0.3, 0.4) is 0 Å². The van der Waals surface area contributed by atoms with Gasteiger partial charge in [0.25, 0.3) is 0 Å². The van der Waals surface area contributed by atoms with E-state index in [0.29, 0.717) is 13.0 Å². The van der Waals surface area contributed by atoms with Crippen LogP contribution in [-0.4, -0.2) is 43.4 Å². The minimum Gasteiger partial charge on any atom is -0.468 e. The van der Waals surface area contributed by atoms with Crippen molar-refractivity contribution in [1.82, 2.24) is 15.5 Å². The van der Waals surface area contributed by atoms with Gasteiger partial charge in [-0.15, -0.1) is 24.0 Å². The number of nitrogens with one attached hydrogen (secondary N) is 3. The van der Waals surface area contributed by atoms with Crippen LogP contribution in [0.1, 0.15) is 56.4 Å². The summed E-state index contributed by atoms with van der Waals surface area (Å²) in [6, 6.07) is 12.1. The fourth-order valence-electron chi connectivity index (χ4n) is 3.93. The number of rotatable bonds is 9. The molecular formula is C24H36IN5O2. The second kappa shape index (κ2) is 14.2. The molecule has 2 aromatic rings. The number of amides is 1. The molecule has 0 radical (unpaired) electrons. The number of piperidine rings is 1. The molecule has 0 spiro atoms. The quantitative estimate of drug-likeness (QED) is 0.242. The molecule has 3 rings (SSSR count). The molecule has 0 aliphatic carbocycles. The van der Waals surface area contributed by atoms with Crippen molar-refractivity contribution in [3.05, 3.63) is 54.0 Å². The Hall–Kier alpha value is -2.07. The first-order chi connectivity index (χ1) is 15.2. The average Bonchev–Trinajstić information content (AvgIpc) is 3.32. The minimum atomic E-state index is 0. The van der Waals surface area contributed by atoms with Gasteiger partial charge in [0.1, 0.15) is 5.76 Å². The SMILES string of the molecule is CCCC(=O)Nc1cccc(CNC(=NC)NCC(c2ccco2)N2CCCCC2)c1.I. The van der Waals surface area contributed by atoms with Gasteiger partial charge in [-0.2, -0.15) is 0 Å². The number of furan rings is 1. The largest absolute Gasteiger partial charge is 0.468 e. The standard InChI is InChI=1S/C24H35N5O2.HI/c1-3-9-23(30)28-20-11-7-10-19(16-20)17-26-24(25-2)27-18-21(22-12-8-15-31-22)29-13-5-4-6-14-29;/h7-8,10-12,15-16,21H,3-6,9,13-14,17-18H2,1-2H3,(H,28,30)(H2,25,26,27);1H. The van der Waals surface area contributed by atoms with Gasteiger partial charge in [0.2, 0.25) is 5.91 Å². The number of carbonyl (C=O) groups is 1. The highest BCUT2D eigenvalue weighted by molar-refractivity contribution is 14.0. The van der Waals surface area contributed by atoms with Crippen molar-refractivity contribution in [3.8, 4) is 0 Å². The lowest BCUT2D eigenvalue weighted by Crippen LogP contribution is -2.44. The summed E-state index contributed by atoms with van der Waals surface area (Å²) in [4.78, 5) is 18.7. The summed E-state index contributed by atoms with van der Waals surface area (Å²) >= 11 is 0. The summed E-state index contributed by atoms with van der Waals surface area (Å²) in [7, 11) is 1.78. The van der Waals surface area contributed by atoms with E-state index in [9.17, 15) is 4.79 Å². The normalized spacial score (nSPS) is 15.5. The summed E-state index contributed by atoms with van der Waals surface area (Å²) in [5.41, 5.74) is 1.90. The zero-order chi connectivity index (χ0) is 21.9. The Morgan fingerprint density at radius 1 is 1.16 bits per heavy atom. The van der Waals surface area contributed by atoms with E-state index in [2.05, 4.69) is 31.9 Å². The van der Waals surface area contributed by atoms with Gasteiger partial charge in [-0.05, 0) is 62.2 Å². The lowest BCUT2D eigenvalue weighted by atomic mass is 10.1. The van der Waals surface area contributed by atoms with E-state index in [1.165, 1.54) is 19.3 Å². The molecule has 176 valence electrons. The van der Waals surface area contributed by atoms with Crippen molar-refractivity contribution >= 4 is 41.5 Å². The number of benzene rings is 1. The van der Waals surface area contributed by atoms with Crippen LogP contribution in [-0.2, 0) is 11.3 Å². The molecule has 1 fully saturated rings. The van der Waals surface area contributed by atoms with Crippen molar-refractivity contribution in [1.29, 1.82) is 0 Å². The van der Waals surface area contributed by atoms with Gasteiger partial charge in [-0.3, -0.25) is 14.7 Å². The van der Waals surface area contributed by atoms with Crippen LogP contribution in [0.2, 0.25) is 0 Å². The van der Waals surface area contributed by atoms with Crippen molar-refractivity contribution < 1.29 is 9.21 Å². The first-order valence-corrected chi connectivity index (χ1v) is 11.3. The summed E-state index contributed by atoms with van der Waals surface area (Å²) in [6.45, 7) is 5.53. The third kappa shape index (κ3) is 8.12. The first-order valence-electron chi connectivity index (χ1n) is 11.3. The Morgan fingerprint density at radius 3 is 2.66 bits per heavy atom. The van der Waals surface area contributed by atoms with Gasteiger partial charge in [-0.1, -0.05) is 25.5 Å². The molecule has 1 aromatic carbocycles. The maximum atomic E-state index is 11.8. The number of guanidine groups is 1. The number of aliphatic imine (C=N–C) groups is 1. The van der Waals surface area contributed by atoms with Crippen LogP contribution in [0.4, 0.5) is 5.69 Å². The monoisotopic (exact) mass is 553 g/mol. The third-order valence-corrected chi connectivity index (χ3v) is 5.54. The Bertz CT molecular complexity index is 835. The van der Waals surface area contributed by atoms with Gasteiger partial charge in [0, 0.05) is 32.2 Å². The molecule has 1 saturated heterocycles. The van der Waals surface area contributed by atoms with E-state index in [0.717, 1.165) is 49.0 Å². The smallest absolute Gasteiger partial charge is 0.224 e. The minimum absolute atomic E-state index is 0. The number of carbonyl (C=O) groups excluding carboxylic acids is 1. The van der Waals surface area contributed by atoms with Gasteiger partial charge in [0.15, 0.2) is 5.96 Å². The second-order valence-electron chi connectivity index (χ2n) is 7.93. The Kier molecular flexibility index (Phi) is 11.6. The number of hydrogen-bond donors (Lipinski definition) is 3. The zero-order valence-electron chi connectivity index (χ0n) is 19.1. The lowest BCUT2D eigenvalue weighted by Gasteiger charge is -2.33.